The summed E-state index contributed by atoms with van der Waals surface area (Å²) in [5.41, 5.74) is 4.65. The number of alkyl halides is 3. The molecule has 0 radical (unpaired) electrons. The molecule has 0 amide bonds. The average molecular weight is 507 g/mol. The lowest BCUT2D eigenvalue weighted by molar-refractivity contribution is -0.138. The van der Waals surface area contributed by atoms with Crippen molar-refractivity contribution in [3.63, 3.8) is 0 Å². The topological polar surface area (TPSA) is 114 Å². The Morgan fingerprint density at radius 2 is 1.80 bits per heavy atom. The molecule has 1 aromatic heterocycles. The molecule has 0 unspecified atom stereocenters. The second-order valence-electron chi connectivity index (χ2n) is 8.09. The standard InChI is InChI=1S/C24H25F3N4O3S/c1-23(29,15-32)22-31-30-21(35-22)17-8-9-20(19(13-17)24(25,26)27)34-11-4-2-3-10-33-18-7-5-6-16(12-18)14-28/h5-9,12-13,32H,2-4,10-11,15,29H2,1H3/t23-/m0/s1. The van der Waals surface area contributed by atoms with E-state index >= 15 is 0 Å². The summed E-state index contributed by atoms with van der Waals surface area (Å²) in [5.74, 6) is 0.347. The molecular formula is C24H25F3N4O3S. The molecule has 7 nitrogen and oxygen atoms in total. The summed E-state index contributed by atoms with van der Waals surface area (Å²) in [6, 6.07) is 12.6. The Bertz CT molecular complexity index is 1180. The van der Waals surface area contributed by atoms with E-state index in [2.05, 4.69) is 10.2 Å². The van der Waals surface area contributed by atoms with E-state index in [0.29, 0.717) is 42.2 Å². The number of benzene rings is 2. The number of aliphatic hydroxyl groups excluding tert-OH is 1. The molecule has 0 aliphatic rings. The van der Waals surface area contributed by atoms with Crippen molar-refractivity contribution in [1.29, 1.82) is 5.26 Å². The van der Waals surface area contributed by atoms with Gasteiger partial charge in [-0.15, -0.1) is 10.2 Å². The highest BCUT2D eigenvalue weighted by Gasteiger charge is 2.35. The van der Waals surface area contributed by atoms with Crippen molar-refractivity contribution in [3.05, 3.63) is 58.6 Å². The fourth-order valence-electron chi connectivity index (χ4n) is 3.06. The van der Waals surface area contributed by atoms with Crippen LogP contribution >= 0.6 is 11.3 Å². The lowest BCUT2D eigenvalue weighted by atomic mass is 10.1. The molecule has 3 N–H and O–H groups in total. The lowest BCUT2D eigenvalue weighted by Gasteiger charge is -2.17. The van der Waals surface area contributed by atoms with Crippen LogP contribution in [0.3, 0.4) is 0 Å². The van der Waals surface area contributed by atoms with Crippen LogP contribution in [0.25, 0.3) is 10.6 Å². The number of rotatable bonds is 11. The summed E-state index contributed by atoms with van der Waals surface area (Å²) in [6.45, 7) is 1.74. The summed E-state index contributed by atoms with van der Waals surface area (Å²) < 4.78 is 52.1. The first-order valence-electron chi connectivity index (χ1n) is 10.8. The SMILES string of the molecule is C[C@](N)(CO)c1nnc(-c2ccc(OCCCCCOc3cccc(C#N)c3)c(C(F)(F)F)c2)s1. The van der Waals surface area contributed by atoms with Crippen molar-refractivity contribution in [1.82, 2.24) is 10.2 Å². The number of nitrogens with two attached hydrogens (primary N) is 1. The smallest absolute Gasteiger partial charge is 0.419 e. The highest BCUT2D eigenvalue weighted by atomic mass is 32.1. The fraction of sp³-hybridized carbons (Fsp3) is 0.375. The van der Waals surface area contributed by atoms with E-state index in [4.69, 9.17) is 20.5 Å². The van der Waals surface area contributed by atoms with Gasteiger partial charge in [-0.2, -0.15) is 18.4 Å². The molecule has 11 heteroatoms. The molecule has 0 bridgehead atoms. The van der Waals surface area contributed by atoms with E-state index in [-0.39, 0.29) is 29.5 Å². The summed E-state index contributed by atoms with van der Waals surface area (Å²) in [7, 11) is 0. The number of nitriles is 1. The van der Waals surface area contributed by atoms with E-state index in [1.54, 1.807) is 31.2 Å². The normalized spacial score (nSPS) is 13.2. The van der Waals surface area contributed by atoms with Crippen molar-refractivity contribution in [2.45, 2.75) is 37.9 Å². The molecule has 3 rings (SSSR count). The van der Waals surface area contributed by atoms with Crippen LogP contribution in [0.2, 0.25) is 0 Å². The van der Waals surface area contributed by atoms with Gasteiger partial charge in [0, 0.05) is 5.56 Å². The zero-order valence-electron chi connectivity index (χ0n) is 19.0. The van der Waals surface area contributed by atoms with Crippen molar-refractivity contribution in [2.24, 2.45) is 5.73 Å². The van der Waals surface area contributed by atoms with Gasteiger partial charge < -0.3 is 20.3 Å². The maximum absolute atomic E-state index is 13.7. The number of unbranched alkanes of at least 4 members (excludes halogenated alkanes) is 2. The third-order valence-electron chi connectivity index (χ3n) is 5.05. The van der Waals surface area contributed by atoms with Gasteiger partial charge in [0.1, 0.15) is 21.5 Å². The second kappa shape index (κ2) is 11.5. The molecule has 186 valence electrons. The average Bonchev–Trinajstić information content (AvgIpc) is 3.34. The van der Waals surface area contributed by atoms with Gasteiger partial charge in [-0.3, -0.25) is 0 Å². The first kappa shape index (κ1) is 26.4. The van der Waals surface area contributed by atoms with Crippen LogP contribution in [0.4, 0.5) is 13.2 Å². The van der Waals surface area contributed by atoms with E-state index in [0.717, 1.165) is 17.4 Å². The zero-order valence-corrected chi connectivity index (χ0v) is 19.8. The van der Waals surface area contributed by atoms with Crippen LogP contribution in [0, 0.1) is 11.3 Å². The number of hydrogen-bond donors (Lipinski definition) is 2. The molecule has 0 fully saturated rings. The zero-order chi connectivity index (χ0) is 25.5. The summed E-state index contributed by atoms with van der Waals surface area (Å²) in [4.78, 5) is 0. The van der Waals surface area contributed by atoms with Gasteiger partial charge in [0.05, 0.1) is 42.6 Å². The largest absolute Gasteiger partial charge is 0.494 e. The lowest BCUT2D eigenvalue weighted by Crippen LogP contribution is -2.36. The maximum atomic E-state index is 13.7. The Kier molecular flexibility index (Phi) is 8.67. The number of hydrogen-bond acceptors (Lipinski definition) is 8. The first-order valence-corrected chi connectivity index (χ1v) is 11.7. The molecule has 0 spiro atoms. The van der Waals surface area contributed by atoms with Gasteiger partial charge >= 0.3 is 6.18 Å². The third-order valence-corrected chi connectivity index (χ3v) is 6.30. The molecule has 1 atom stereocenters. The predicted molar refractivity (Wildman–Crippen MR) is 125 cm³/mol. The van der Waals surface area contributed by atoms with E-state index in [9.17, 15) is 18.3 Å². The Balaban J connectivity index is 1.55. The van der Waals surface area contributed by atoms with Crippen LogP contribution in [-0.2, 0) is 11.7 Å². The van der Waals surface area contributed by atoms with E-state index in [1.807, 2.05) is 6.07 Å². The van der Waals surface area contributed by atoms with Crippen molar-refractivity contribution >= 4 is 11.3 Å². The van der Waals surface area contributed by atoms with Crippen LogP contribution in [0.15, 0.2) is 42.5 Å². The Morgan fingerprint density at radius 3 is 2.49 bits per heavy atom. The van der Waals surface area contributed by atoms with Gasteiger partial charge in [0.2, 0.25) is 0 Å². The van der Waals surface area contributed by atoms with Gasteiger partial charge in [-0.05, 0) is 62.6 Å². The molecule has 0 aliphatic carbocycles. The third kappa shape index (κ3) is 7.14. The number of aliphatic hydroxyl groups is 1. The van der Waals surface area contributed by atoms with Gasteiger partial charge in [0.25, 0.3) is 0 Å². The van der Waals surface area contributed by atoms with Gasteiger partial charge in [-0.1, -0.05) is 17.4 Å². The number of aromatic nitrogens is 2. The molecule has 35 heavy (non-hydrogen) atoms. The Labute approximate surface area is 204 Å². The summed E-state index contributed by atoms with van der Waals surface area (Å²) >= 11 is 1.03. The predicted octanol–water partition coefficient (Wildman–Crippen LogP) is 4.89. The minimum Gasteiger partial charge on any atom is -0.494 e. The molecule has 0 aliphatic heterocycles. The van der Waals surface area contributed by atoms with Crippen LogP contribution < -0.4 is 15.2 Å². The van der Waals surface area contributed by atoms with Crippen molar-refractivity contribution < 1.29 is 27.8 Å². The summed E-state index contributed by atoms with van der Waals surface area (Å²) in [6.07, 6.45) is -2.67. The highest BCUT2D eigenvalue weighted by Crippen LogP contribution is 2.39. The van der Waals surface area contributed by atoms with E-state index < -0.39 is 17.3 Å². The molecular weight excluding hydrogens is 481 g/mol. The van der Waals surface area contributed by atoms with Crippen molar-refractivity contribution in [3.8, 4) is 28.1 Å². The molecule has 0 saturated carbocycles. The Morgan fingerprint density at radius 1 is 1.06 bits per heavy atom. The molecule has 1 heterocycles. The molecule has 0 saturated heterocycles. The van der Waals surface area contributed by atoms with Crippen LogP contribution in [0.1, 0.15) is 42.3 Å². The summed E-state index contributed by atoms with van der Waals surface area (Å²) in [5, 5.41) is 26.7. The number of nitrogens with zero attached hydrogens (tertiary/aromatic N) is 3. The molecule has 3 aromatic rings. The highest BCUT2D eigenvalue weighted by molar-refractivity contribution is 7.14. The number of halogens is 3. The van der Waals surface area contributed by atoms with Gasteiger partial charge in [-0.25, -0.2) is 0 Å². The van der Waals surface area contributed by atoms with Gasteiger partial charge in [0.15, 0.2) is 0 Å². The van der Waals surface area contributed by atoms with Crippen LogP contribution in [0.5, 0.6) is 11.5 Å². The van der Waals surface area contributed by atoms with Crippen molar-refractivity contribution in [2.75, 3.05) is 19.8 Å². The fourth-order valence-corrected chi connectivity index (χ4v) is 3.95. The first-order chi connectivity index (χ1) is 16.6. The monoisotopic (exact) mass is 506 g/mol. The maximum Gasteiger partial charge on any atom is 0.419 e. The second-order valence-corrected chi connectivity index (χ2v) is 9.07. The minimum absolute atomic E-state index is 0.122. The minimum atomic E-state index is -4.61. The van der Waals surface area contributed by atoms with Crippen LogP contribution in [-0.4, -0.2) is 35.1 Å². The quantitative estimate of drug-likeness (QED) is 0.356. The Hall–Kier alpha value is -3.20. The molecule has 2 aromatic carbocycles. The number of ether oxygens (including phenoxy) is 2. The van der Waals surface area contributed by atoms with E-state index in [1.165, 1.54) is 12.1 Å².